The van der Waals surface area contributed by atoms with Crippen LogP contribution in [-0.4, -0.2) is 44.1 Å². The lowest BCUT2D eigenvalue weighted by Gasteiger charge is -2.36. The van der Waals surface area contributed by atoms with Crippen LogP contribution in [0.15, 0.2) is 66.7 Å². The van der Waals surface area contributed by atoms with Gasteiger partial charge in [0.15, 0.2) is 0 Å². The highest BCUT2D eigenvalue weighted by atomic mass is 16.5. The van der Waals surface area contributed by atoms with Crippen molar-refractivity contribution < 1.29 is 9.53 Å². The van der Waals surface area contributed by atoms with Gasteiger partial charge in [0.1, 0.15) is 5.75 Å². The highest BCUT2D eigenvalue weighted by Crippen LogP contribution is 2.38. The molecule has 0 aromatic heterocycles. The Bertz CT molecular complexity index is 1070. The molecule has 1 amide bonds. The number of benzene rings is 3. The SMILES string of the molecule is COc1cccc(N2CCN(C(=O)c3cccc4c3Cc3ccccc3-4)CC2)c1. The van der Waals surface area contributed by atoms with Gasteiger partial charge in [-0.1, -0.05) is 42.5 Å². The summed E-state index contributed by atoms with van der Waals surface area (Å²) in [5.41, 5.74) is 6.96. The Morgan fingerprint density at radius 2 is 1.62 bits per heavy atom. The van der Waals surface area contributed by atoms with Crippen molar-refractivity contribution >= 4 is 11.6 Å². The molecule has 1 fully saturated rings. The molecule has 3 aromatic rings. The molecule has 29 heavy (non-hydrogen) atoms. The summed E-state index contributed by atoms with van der Waals surface area (Å²) in [7, 11) is 1.69. The van der Waals surface area contributed by atoms with Gasteiger partial charge in [0.25, 0.3) is 5.91 Å². The van der Waals surface area contributed by atoms with E-state index in [0.29, 0.717) is 0 Å². The van der Waals surface area contributed by atoms with Gasteiger partial charge in [0.2, 0.25) is 0 Å². The maximum Gasteiger partial charge on any atom is 0.254 e. The summed E-state index contributed by atoms with van der Waals surface area (Å²) < 4.78 is 5.34. The van der Waals surface area contributed by atoms with Crippen LogP contribution in [0.1, 0.15) is 21.5 Å². The summed E-state index contributed by atoms with van der Waals surface area (Å²) >= 11 is 0. The molecule has 0 saturated carbocycles. The van der Waals surface area contributed by atoms with Gasteiger partial charge >= 0.3 is 0 Å². The first-order valence-electron chi connectivity index (χ1n) is 10.1. The lowest BCUT2D eigenvalue weighted by molar-refractivity contribution is 0.0746. The number of ether oxygens (including phenoxy) is 1. The summed E-state index contributed by atoms with van der Waals surface area (Å²) in [6.45, 7) is 3.11. The molecule has 4 nitrogen and oxygen atoms in total. The first-order chi connectivity index (χ1) is 14.2. The van der Waals surface area contributed by atoms with Crippen molar-refractivity contribution in [3.05, 3.63) is 83.4 Å². The fourth-order valence-electron chi connectivity index (χ4n) is 4.50. The van der Waals surface area contributed by atoms with Crippen molar-refractivity contribution in [3.8, 4) is 16.9 Å². The normalized spacial score (nSPS) is 15.1. The second-order valence-corrected chi connectivity index (χ2v) is 7.65. The van der Waals surface area contributed by atoms with Crippen LogP contribution in [-0.2, 0) is 6.42 Å². The topological polar surface area (TPSA) is 32.8 Å². The Kier molecular flexibility index (Phi) is 4.47. The van der Waals surface area contributed by atoms with E-state index in [1.807, 2.05) is 29.2 Å². The molecule has 1 aliphatic carbocycles. The fourth-order valence-corrected chi connectivity index (χ4v) is 4.50. The summed E-state index contributed by atoms with van der Waals surface area (Å²) in [5.74, 6) is 1.01. The number of nitrogens with zero attached hydrogens (tertiary/aromatic N) is 2. The summed E-state index contributed by atoms with van der Waals surface area (Å²) in [4.78, 5) is 17.7. The van der Waals surface area contributed by atoms with Gasteiger partial charge in [-0.3, -0.25) is 4.79 Å². The number of rotatable bonds is 3. The maximum absolute atomic E-state index is 13.3. The standard InChI is InChI=1S/C25H24N2O2/c1-29-20-8-4-7-19(17-20)26-12-14-27(15-13-26)25(28)23-11-5-10-22-21-9-3-2-6-18(21)16-24(22)23/h2-11,17H,12-16H2,1H3. The van der Waals surface area contributed by atoms with E-state index in [9.17, 15) is 4.79 Å². The van der Waals surface area contributed by atoms with Crippen LogP contribution < -0.4 is 9.64 Å². The lowest BCUT2D eigenvalue weighted by atomic mass is 10.00. The van der Waals surface area contributed by atoms with E-state index in [2.05, 4.69) is 47.4 Å². The van der Waals surface area contributed by atoms with Crippen molar-refractivity contribution in [2.75, 3.05) is 38.2 Å². The second-order valence-electron chi connectivity index (χ2n) is 7.65. The summed E-state index contributed by atoms with van der Waals surface area (Å²) in [6, 6.07) is 22.7. The van der Waals surface area contributed by atoms with Crippen molar-refractivity contribution in [2.45, 2.75) is 6.42 Å². The first-order valence-corrected chi connectivity index (χ1v) is 10.1. The predicted octanol–water partition coefficient (Wildman–Crippen LogP) is 4.23. The molecule has 0 spiro atoms. The molecule has 1 heterocycles. The lowest BCUT2D eigenvalue weighted by Crippen LogP contribution is -2.49. The number of carbonyl (C=O) groups excluding carboxylic acids is 1. The van der Waals surface area contributed by atoms with Crippen molar-refractivity contribution in [1.82, 2.24) is 4.90 Å². The first kappa shape index (κ1) is 17.8. The minimum Gasteiger partial charge on any atom is -0.497 e. The fraction of sp³-hybridized carbons (Fsp3) is 0.240. The van der Waals surface area contributed by atoms with Gasteiger partial charge in [-0.05, 0) is 46.9 Å². The van der Waals surface area contributed by atoms with E-state index in [0.717, 1.165) is 49.6 Å². The number of methoxy groups -OCH3 is 1. The van der Waals surface area contributed by atoms with Gasteiger partial charge in [-0.15, -0.1) is 0 Å². The second kappa shape index (κ2) is 7.28. The number of hydrogen-bond acceptors (Lipinski definition) is 3. The molecule has 0 N–H and O–H groups in total. The minimum atomic E-state index is 0.153. The van der Waals surface area contributed by atoms with E-state index in [-0.39, 0.29) is 5.91 Å². The molecule has 3 aromatic carbocycles. The van der Waals surface area contributed by atoms with Crippen LogP contribution in [0.4, 0.5) is 5.69 Å². The number of piperazine rings is 1. The zero-order valence-electron chi connectivity index (χ0n) is 16.6. The molecule has 0 atom stereocenters. The Balaban J connectivity index is 1.33. The molecule has 1 saturated heterocycles. The molecule has 5 rings (SSSR count). The average Bonchev–Trinajstić information content (AvgIpc) is 3.17. The third kappa shape index (κ3) is 3.15. The molecule has 1 aliphatic heterocycles. The number of anilines is 1. The van der Waals surface area contributed by atoms with Crippen LogP contribution in [0, 0.1) is 0 Å². The van der Waals surface area contributed by atoms with Gasteiger partial charge in [0, 0.05) is 43.5 Å². The highest BCUT2D eigenvalue weighted by molar-refractivity contribution is 5.99. The van der Waals surface area contributed by atoms with Crippen LogP contribution in [0.5, 0.6) is 5.75 Å². The van der Waals surface area contributed by atoms with Crippen LogP contribution in [0.25, 0.3) is 11.1 Å². The van der Waals surface area contributed by atoms with E-state index >= 15 is 0 Å². The monoisotopic (exact) mass is 384 g/mol. The van der Waals surface area contributed by atoms with E-state index < -0.39 is 0 Å². The van der Waals surface area contributed by atoms with Crippen molar-refractivity contribution in [1.29, 1.82) is 0 Å². The number of amides is 1. The molecular formula is C25H24N2O2. The van der Waals surface area contributed by atoms with Gasteiger partial charge < -0.3 is 14.5 Å². The van der Waals surface area contributed by atoms with E-state index in [1.54, 1.807) is 7.11 Å². The third-order valence-corrected chi connectivity index (χ3v) is 6.07. The number of fused-ring (bicyclic) bond motifs is 3. The van der Waals surface area contributed by atoms with Crippen molar-refractivity contribution in [3.63, 3.8) is 0 Å². The molecule has 146 valence electrons. The van der Waals surface area contributed by atoms with Crippen LogP contribution in [0.3, 0.4) is 0 Å². The molecule has 0 bridgehead atoms. The van der Waals surface area contributed by atoms with Gasteiger partial charge in [-0.2, -0.15) is 0 Å². The van der Waals surface area contributed by atoms with Crippen molar-refractivity contribution in [2.24, 2.45) is 0 Å². The van der Waals surface area contributed by atoms with Gasteiger partial charge in [-0.25, -0.2) is 0 Å². The zero-order valence-corrected chi connectivity index (χ0v) is 16.6. The molecule has 4 heteroatoms. The predicted molar refractivity (Wildman–Crippen MR) is 116 cm³/mol. The Morgan fingerprint density at radius 1 is 0.862 bits per heavy atom. The highest BCUT2D eigenvalue weighted by Gasteiger charge is 2.28. The zero-order chi connectivity index (χ0) is 19.8. The Hall–Kier alpha value is -3.27. The smallest absolute Gasteiger partial charge is 0.254 e. The maximum atomic E-state index is 13.3. The molecule has 2 aliphatic rings. The van der Waals surface area contributed by atoms with E-state index in [4.69, 9.17) is 4.74 Å². The number of hydrogen-bond donors (Lipinski definition) is 0. The Labute approximate surface area is 171 Å². The van der Waals surface area contributed by atoms with Crippen LogP contribution >= 0.6 is 0 Å². The molecule has 0 radical (unpaired) electrons. The average molecular weight is 384 g/mol. The Morgan fingerprint density at radius 3 is 2.45 bits per heavy atom. The molecule has 0 unspecified atom stereocenters. The van der Waals surface area contributed by atoms with Crippen LogP contribution in [0.2, 0.25) is 0 Å². The molecular weight excluding hydrogens is 360 g/mol. The van der Waals surface area contributed by atoms with E-state index in [1.165, 1.54) is 22.3 Å². The summed E-state index contributed by atoms with van der Waals surface area (Å²) in [6.07, 6.45) is 0.844. The number of carbonyl (C=O) groups is 1. The van der Waals surface area contributed by atoms with Gasteiger partial charge in [0.05, 0.1) is 7.11 Å². The quantitative estimate of drug-likeness (QED) is 0.530. The third-order valence-electron chi connectivity index (χ3n) is 6.07. The summed E-state index contributed by atoms with van der Waals surface area (Å²) in [5, 5.41) is 0. The largest absolute Gasteiger partial charge is 0.497 e. The minimum absolute atomic E-state index is 0.153.